The van der Waals surface area contributed by atoms with Crippen molar-refractivity contribution in [2.45, 2.75) is 75.7 Å². The predicted molar refractivity (Wildman–Crippen MR) is 147 cm³/mol. The Morgan fingerprint density at radius 1 is 1.05 bits per heavy atom. The zero-order valence-corrected chi connectivity index (χ0v) is 22.5. The summed E-state index contributed by atoms with van der Waals surface area (Å²) >= 11 is 0. The average molecular weight is 540 g/mol. The summed E-state index contributed by atoms with van der Waals surface area (Å²) in [6.07, 6.45) is 9.25. The number of nitrogens with zero attached hydrogens (tertiary/aromatic N) is 4. The lowest BCUT2D eigenvalue weighted by atomic mass is 9.97. The first-order valence-electron chi connectivity index (χ1n) is 14.6. The van der Waals surface area contributed by atoms with Gasteiger partial charge in [0, 0.05) is 47.8 Å². The molecule has 5 aliphatic rings. The van der Waals surface area contributed by atoms with Gasteiger partial charge < -0.3 is 14.2 Å². The zero-order valence-electron chi connectivity index (χ0n) is 22.5. The molecule has 9 nitrogen and oxygen atoms in total. The molecule has 1 atom stereocenters. The topological polar surface area (TPSA) is 96.8 Å². The van der Waals surface area contributed by atoms with E-state index in [0.717, 1.165) is 35.6 Å². The molecule has 1 N–H and O–H groups in total. The molecule has 8 rings (SSSR count). The molecule has 1 aromatic carbocycles. The Morgan fingerprint density at radius 3 is 2.70 bits per heavy atom. The van der Waals surface area contributed by atoms with E-state index in [1.807, 2.05) is 12.1 Å². The summed E-state index contributed by atoms with van der Waals surface area (Å²) in [5, 5.41) is 3.59. The van der Waals surface area contributed by atoms with Crippen molar-refractivity contribution in [3.63, 3.8) is 0 Å². The number of pyridine rings is 1. The molecule has 4 aliphatic heterocycles. The van der Waals surface area contributed by atoms with Crippen LogP contribution in [-0.4, -0.2) is 68.4 Å². The molecule has 4 fully saturated rings. The third kappa shape index (κ3) is 3.82. The van der Waals surface area contributed by atoms with Gasteiger partial charge in [0.2, 0.25) is 11.8 Å². The van der Waals surface area contributed by atoms with Crippen LogP contribution in [0.5, 0.6) is 0 Å². The lowest BCUT2D eigenvalue weighted by Crippen LogP contribution is -2.52. The van der Waals surface area contributed by atoms with Crippen LogP contribution in [0.2, 0.25) is 0 Å². The third-order valence-corrected chi connectivity index (χ3v) is 9.78. The number of ether oxygens (including phenoxy) is 1. The smallest absolute Gasteiger partial charge is 0.255 e. The maximum atomic E-state index is 13.2. The summed E-state index contributed by atoms with van der Waals surface area (Å²) in [7, 11) is 0. The van der Waals surface area contributed by atoms with Gasteiger partial charge in [0.25, 0.3) is 5.91 Å². The number of carbonyl (C=O) groups is 3. The van der Waals surface area contributed by atoms with Crippen LogP contribution in [0.25, 0.3) is 22.3 Å². The molecule has 3 aromatic rings. The number of amides is 3. The zero-order chi connectivity index (χ0) is 27.0. The van der Waals surface area contributed by atoms with E-state index in [4.69, 9.17) is 9.72 Å². The van der Waals surface area contributed by atoms with Crippen LogP contribution in [0.1, 0.15) is 72.5 Å². The maximum absolute atomic E-state index is 13.2. The number of carbonyl (C=O) groups excluding carboxylic acids is 3. The number of imide groups is 1. The number of piperidine rings is 2. The van der Waals surface area contributed by atoms with Crippen LogP contribution in [0.15, 0.2) is 36.5 Å². The van der Waals surface area contributed by atoms with Crippen LogP contribution >= 0.6 is 0 Å². The fourth-order valence-corrected chi connectivity index (χ4v) is 7.20. The van der Waals surface area contributed by atoms with Gasteiger partial charge in [0.15, 0.2) is 0 Å². The third-order valence-electron chi connectivity index (χ3n) is 9.78. The Morgan fingerprint density at radius 2 is 1.93 bits per heavy atom. The maximum Gasteiger partial charge on any atom is 0.255 e. The van der Waals surface area contributed by atoms with Gasteiger partial charge in [-0.2, -0.15) is 0 Å². The van der Waals surface area contributed by atoms with Crippen molar-refractivity contribution in [3.8, 4) is 11.3 Å². The Hall–Kier alpha value is -3.56. The molecule has 2 aromatic heterocycles. The van der Waals surface area contributed by atoms with Gasteiger partial charge in [0.05, 0.1) is 24.9 Å². The van der Waals surface area contributed by atoms with Crippen molar-refractivity contribution in [1.29, 1.82) is 0 Å². The molecular formula is C31H33N5O4. The van der Waals surface area contributed by atoms with Gasteiger partial charge in [-0.3, -0.25) is 24.6 Å². The Kier molecular flexibility index (Phi) is 5.44. The molecule has 0 bridgehead atoms. The van der Waals surface area contributed by atoms with Crippen LogP contribution in [0, 0.1) is 0 Å². The minimum Gasteiger partial charge on any atom is -0.377 e. The minimum absolute atomic E-state index is 0.154. The summed E-state index contributed by atoms with van der Waals surface area (Å²) in [6, 6.07) is 10.0. The molecule has 1 aliphatic carbocycles. The molecule has 9 heteroatoms. The monoisotopic (exact) mass is 539 g/mol. The van der Waals surface area contributed by atoms with E-state index in [0.29, 0.717) is 43.3 Å². The number of likely N-dealkylation sites (tertiary alicyclic amines) is 1. The molecule has 1 spiro atoms. The first kappa shape index (κ1) is 24.3. The van der Waals surface area contributed by atoms with E-state index >= 15 is 0 Å². The fourth-order valence-electron chi connectivity index (χ4n) is 7.20. The summed E-state index contributed by atoms with van der Waals surface area (Å²) in [4.78, 5) is 46.9. The number of aromatic nitrogens is 2. The van der Waals surface area contributed by atoms with Crippen molar-refractivity contribution in [3.05, 3.63) is 53.2 Å². The van der Waals surface area contributed by atoms with Crippen molar-refractivity contribution >= 4 is 28.8 Å². The number of benzene rings is 1. The van der Waals surface area contributed by atoms with Crippen molar-refractivity contribution < 1.29 is 19.1 Å². The Bertz CT molecular complexity index is 1570. The molecule has 3 amide bonds. The molecule has 206 valence electrons. The Labute approximate surface area is 232 Å². The van der Waals surface area contributed by atoms with Gasteiger partial charge in [-0.15, -0.1) is 0 Å². The molecule has 6 heterocycles. The van der Waals surface area contributed by atoms with Crippen molar-refractivity contribution in [1.82, 2.24) is 24.7 Å². The van der Waals surface area contributed by atoms with Crippen molar-refractivity contribution in [2.24, 2.45) is 0 Å². The highest BCUT2D eigenvalue weighted by Gasteiger charge is 2.48. The lowest BCUT2D eigenvalue weighted by molar-refractivity contribution is -0.136. The van der Waals surface area contributed by atoms with E-state index in [-0.39, 0.29) is 24.1 Å². The second-order valence-electron chi connectivity index (χ2n) is 12.2. The van der Waals surface area contributed by atoms with E-state index < -0.39 is 6.04 Å². The predicted octanol–water partition coefficient (Wildman–Crippen LogP) is 3.55. The highest BCUT2D eigenvalue weighted by atomic mass is 16.5. The first-order chi connectivity index (χ1) is 19.5. The molecule has 0 radical (unpaired) electrons. The number of hydrogen-bond donors (Lipinski definition) is 1. The van der Waals surface area contributed by atoms with Crippen molar-refractivity contribution in [2.75, 3.05) is 19.8 Å². The largest absolute Gasteiger partial charge is 0.377 e. The fraction of sp³-hybridized carbons (Fsp3) is 0.484. The SMILES string of the molecule is O=C1CCC(N2Cc3cc(-c4cc(CN5CCCCC56CC6)c5ccn(C6COC6)c5n4)ccc3C2=O)C(=O)N1. The average Bonchev–Trinajstić information content (AvgIpc) is 3.45. The number of fused-ring (bicyclic) bond motifs is 2. The second-order valence-corrected chi connectivity index (χ2v) is 12.2. The van der Waals surface area contributed by atoms with E-state index in [1.165, 1.54) is 43.1 Å². The van der Waals surface area contributed by atoms with Crippen LogP contribution < -0.4 is 5.32 Å². The summed E-state index contributed by atoms with van der Waals surface area (Å²) in [5.74, 6) is -0.819. The highest BCUT2D eigenvalue weighted by Crippen LogP contribution is 2.49. The van der Waals surface area contributed by atoms with E-state index in [9.17, 15) is 14.4 Å². The van der Waals surface area contributed by atoms with Crippen LogP contribution in [0.3, 0.4) is 0 Å². The summed E-state index contributed by atoms with van der Waals surface area (Å²) in [5.41, 5.74) is 6.07. The standard InChI is InChI=1S/C31H33N5O4/c37-27-6-5-26(29(38)33-27)36-16-20-13-19(3-4-24(20)30(36)39)25-14-21(15-34-11-2-1-8-31(34)9-10-31)23-7-12-35(28(23)32-25)22-17-40-18-22/h3-4,7,12-14,22,26H,1-2,5-6,8-11,15-18H2,(H,33,37,38). The van der Waals surface area contributed by atoms with Gasteiger partial charge >= 0.3 is 0 Å². The first-order valence-corrected chi connectivity index (χ1v) is 14.6. The normalized spacial score (nSPS) is 24.4. The van der Waals surface area contributed by atoms with Gasteiger partial charge in [-0.05, 0) is 74.0 Å². The van der Waals surface area contributed by atoms with Crippen LogP contribution in [0.4, 0.5) is 0 Å². The minimum atomic E-state index is -0.616. The van der Waals surface area contributed by atoms with Crippen LogP contribution in [-0.2, 0) is 27.4 Å². The summed E-state index contributed by atoms with van der Waals surface area (Å²) in [6.45, 7) is 3.83. The molecular weight excluding hydrogens is 506 g/mol. The molecule has 1 unspecified atom stereocenters. The number of nitrogens with one attached hydrogen (secondary N) is 1. The number of hydrogen-bond acceptors (Lipinski definition) is 6. The number of rotatable bonds is 5. The molecule has 1 saturated carbocycles. The highest BCUT2D eigenvalue weighted by molar-refractivity contribution is 6.05. The lowest BCUT2D eigenvalue weighted by Gasteiger charge is -2.36. The van der Waals surface area contributed by atoms with E-state index in [2.05, 4.69) is 39.2 Å². The van der Waals surface area contributed by atoms with Gasteiger partial charge in [-0.1, -0.05) is 12.5 Å². The van der Waals surface area contributed by atoms with Gasteiger partial charge in [-0.25, -0.2) is 4.98 Å². The summed E-state index contributed by atoms with van der Waals surface area (Å²) < 4.78 is 7.76. The molecule has 3 saturated heterocycles. The molecule has 40 heavy (non-hydrogen) atoms. The quantitative estimate of drug-likeness (QED) is 0.498. The van der Waals surface area contributed by atoms with Gasteiger partial charge in [0.1, 0.15) is 11.7 Å². The second kappa shape index (κ2) is 8.97. The van der Waals surface area contributed by atoms with E-state index in [1.54, 1.807) is 4.90 Å². The Balaban J connectivity index is 1.16.